The number of carbonyl (C=O) groups excluding carboxylic acids is 1. The van der Waals surface area contributed by atoms with Crippen molar-refractivity contribution in [2.75, 3.05) is 17.7 Å². The van der Waals surface area contributed by atoms with Crippen molar-refractivity contribution in [1.82, 2.24) is 9.78 Å². The zero-order valence-corrected chi connectivity index (χ0v) is 19.2. The number of nitrogens with zero attached hydrogens (tertiary/aromatic N) is 2. The molecule has 2 heterocycles. The highest BCUT2D eigenvalue weighted by Gasteiger charge is 2.47. The second-order valence-electron chi connectivity index (χ2n) is 8.20. The van der Waals surface area contributed by atoms with Gasteiger partial charge in [0.2, 0.25) is 0 Å². The number of fused-ring (bicyclic) bond motifs is 2. The Bertz CT molecular complexity index is 1400. The molecule has 1 amide bonds. The molecule has 0 aliphatic carbocycles. The van der Waals surface area contributed by atoms with Gasteiger partial charge < -0.3 is 15.4 Å². The number of rotatable bonds is 4. The quantitative estimate of drug-likeness (QED) is 0.331. The first kappa shape index (κ1) is 23.0. The molecule has 0 radical (unpaired) electrons. The van der Waals surface area contributed by atoms with Crippen molar-refractivity contribution in [1.29, 1.82) is 0 Å². The van der Waals surface area contributed by atoms with Crippen LogP contribution >= 0.6 is 11.6 Å². The van der Waals surface area contributed by atoms with Crippen molar-refractivity contribution in [3.63, 3.8) is 0 Å². The molecule has 1 aliphatic rings. The van der Waals surface area contributed by atoms with E-state index in [0.29, 0.717) is 17.0 Å². The maximum atomic E-state index is 14.0. The van der Waals surface area contributed by atoms with E-state index in [1.54, 1.807) is 36.4 Å². The first-order valence-corrected chi connectivity index (χ1v) is 11.2. The number of methoxy groups -OCH3 is 1. The number of amides is 1. The van der Waals surface area contributed by atoms with Crippen molar-refractivity contribution in [3.8, 4) is 5.75 Å². The van der Waals surface area contributed by atoms with Crippen LogP contribution in [0.1, 0.15) is 34.6 Å². The van der Waals surface area contributed by atoms with E-state index in [9.17, 15) is 18.0 Å². The second-order valence-corrected chi connectivity index (χ2v) is 8.58. The highest BCUT2D eigenvalue weighted by Crippen LogP contribution is 2.46. The molecule has 10 heteroatoms. The zero-order chi connectivity index (χ0) is 24.7. The van der Waals surface area contributed by atoms with Gasteiger partial charge in [-0.1, -0.05) is 60.1 Å². The summed E-state index contributed by atoms with van der Waals surface area (Å²) in [4.78, 5) is 13.1. The van der Waals surface area contributed by atoms with Crippen molar-refractivity contribution >= 4 is 39.8 Å². The van der Waals surface area contributed by atoms with Crippen LogP contribution < -0.4 is 15.4 Å². The molecular weight excluding hydrogens is 481 g/mol. The number of hydrogen-bond acceptors (Lipinski definition) is 4. The molecular formula is C25H20ClF3N4O2. The van der Waals surface area contributed by atoms with Crippen LogP contribution in [0.2, 0.25) is 5.02 Å². The molecule has 1 aliphatic heterocycles. The summed E-state index contributed by atoms with van der Waals surface area (Å²) in [5.74, 6) is -0.159. The molecule has 3 aromatic carbocycles. The number of ether oxygens (including phenoxy) is 1. The zero-order valence-electron chi connectivity index (χ0n) is 18.4. The first-order chi connectivity index (χ1) is 16.8. The van der Waals surface area contributed by atoms with Crippen molar-refractivity contribution in [3.05, 3.63) is 83.0 Å². The van der Waals surface area contributed by atoms with E-state index in [1.807, 2.05) is 30.3 Å². The topological polar surface area (TPSA) is 68.2 Å². The van der Waals surface area contributed by atoms with Crippen LogP contribution in [0.5, 0.6) is 5.75 Å². The van der Waals surface area contributed by atoms with Crippen LogP contribution in [0.3, 0.4) is 0 Å². The summed E-state index contributed by atoms with van der Waals surface area (Å²) < 4.78 is 48.0. The maximum Gasteiger partial charge on any atom is 0.410 e. The van der Waals surface area contributed by atoms with Gasteiger partial charge in [-0.05, 0) is 29.1 Å². The van der Waals surface area contributed by atoms with E-state index in [2.05, 4.69) is 15.7 Å². The van der Waals surface area contributed by atoms with E-state index in [0.717, 1.165) is 15.5 Å². The predicted octanol–water partition coefficient (Wildman–Crippen LogP) is 6.61. The lowest BCUT2D eigenvalue weighted by molar-refractivity contribution is -0.173. The summed E-state index contributed by atoms with van der Waals surface area (Å²) in [6.45, 7) is 0. The average molecular weight is 501 g/mol. The third-order valence-corrected chi connectivity index (χ3v) is 6.42. The Hall–Kier alpha value is -3.72. The van der Waals surface area contributed by atoms with Gasteiger partial charge in [-0.3, -0.25) is 4.79 Å². The molecule has 0 fully saturated rings. The minimum atomic E-state index is -4.60. The van der Waals surface area contributed by atoms with Crippen LogP contribution in [-0.4, -0.2) is 29.0 Å². The Kier molecular flexibility index (Phi) is 5.80. The lowest BCUT2D eigenvalue weighted by Gasteiger charge is -2.33. The molecule has 0 saturated heterocycles. The summed E-state index contributed by atoms with van der Waals surface area (Å²) in [5.41, 5.74) is 0.851. The normalized spacial score (nSPS) is 17.5. The standard InChI is InChI=1S/C25H20ClF3N4O2/c1-35-16-11-9-15(10-12-16)19-13-20(25(27,28)29)33-23(30-19)21(26)22(32-33)24(34)31-18-8-4-6-14-5-2-3-7-17(14)18/h2-12,19-20,30H,13H2,1H3,(H,31,34)/t19-,20+/m0/s1. The molecule has 2 atom stereocenters. The van der Waals surface area contributed by atoms with Gasteiger partial charge in [-0.15, -0.1) is 0 Å². The van der Waals surface area contributed by atoms with E-state index in [4.69, 9.17) is 16.3 Å². The van der Waals surface area contributed by atoms with Gasteiger partial charge in [0.1, 0.15) is 16.6 Å². The van der Waals surface area contributed by atoms with E-state index < -0.39 is 24.2 Å². The molecule has 0 bridgehead atoms. The Morgan fingerprint density at radius 3 is 2.54 bits per heavy atom. The fraction of sp³-hybridized carbons (Fsp3) is 0.200. The van der Waals surface area contributed by atoms with Gasteiger partial charge in [-0.25, -0.2) is 4.68 Å². The molecule has 35 heavy (non-hydrogen) atoms. The van der Waals surface area contributed by atoms with E-state index in [1.165, 1.54) is 7.11 Å². The van der Waals surface area contributed by atoms with Crippen molar-refractivity contribution in [2.45, 2.75) is 24.7 Å². The molecule has 0 unspecified atom stereocenters. The van der Waals surface area contributed by atoms with Gasteiger partial charge in [0.05, 0.1) is 13.2 Å². The van der Waals surface area contributed by atoms with Crippen LogP contribution in [0.4, 0.5) is 24.7 Å². The van der Waals surface area contributed by atoms with Crippen molar-refractivity contribution in [2.24, 2.45) is 0 Å². The van der Waals surface area contributed by atoms with Crippen LogP contribution in [0.15, 0.2) is 66.7 Å². The lowest BCUT2D eigenvalue weighted by Crippen LogP contribution is -2.35. The molecule has 5 rings (SSSR count). The van der Waals surface area contributed by atoms with Gasteiger partial charge in [0.15, 0.2) is 11.7 Å². The Morgan fingerprint density at radius 1 is 1.11 bits per heavy atom. The number of nitrogens with one attached hydrogen (secondary N) is 2. The Labute approximate surface area is 203 Å². The summed E-state index contributed by atoms with van der Waals surface area (Å²) in [7, 11) is 1.51. The molecule has 2 N–H and O–H groups in total. The number of benzene rings is 3. The lowest BCUT2D eigenvalue weighted by atomic mass is 9.97. The number of anilines is 2. The highest BCUT2D eigenvalue weighted by atomic mass is 35.5. The third-order valence-electron chi connectivity index (χ3n) is 6.07. The maximum absolute atomic E-state index is 14.0. The molecule has 1 aromatic heterocycles. The van der Waals surface area contributed by atoms with Gasteiger partial charge >= 0.3 is 6.18 Å². The van der Waals surface area contributed by atoms with E-state index in [-0.39, 0.29) is 23.0 Å². The first-order valence-electron chi connectivity index (χ1n) is 10.8. The number of aromatic nitrogens is 2. The molecule has 0 saturated carbocycles. The predicted molar refractivity (Wildman–Crippen MR) is 128 cm³/mol. The Balaban J connectivity index is 1.50. The summed E-state index contributed by atoms with van der Waals surface area (Å²) in [6, 6.07) is 16.9. The molecule has 180 valence electrons. The minimum Gasteiger partial charge on any atom is -0.497 e. The number of alkyl halides is 3. The fourth-order valence-corrected chi connectivity index (χ4v) is 4.57. The number of carbonyl (C=O) groups is 1. The van der Waals surface area contributed by atoms with Crippen LogP contribution in [0.25, 0.3) is 10.8 Å². The minimum absolute atomic E-state index is 0.0517. The molecule has 4 aromatic rings. The summed E-state index contributed by atoms with van der Waals surface area (Å²) in [5, 5.41) is 11.3. The van der Waals surface area contributed by atoms with Crippen LogP contribution in [0, 0.1) is 0 Å². The number of hydrogen-bond donors (Lipinski definition) is 2. The van der Waals surface area contributed by atoms with Gasteiger partial charge in [0.25, 0.3) is 5.91 Å². The van der Waals surface area contributed by atoms with E-state index >= 15 is 0 Å². The smallest absolute Gasteiger partial charge is 0.410 e. The highest BCUT2D eigenvalue weighted by molar-refractivity contribution is 6.36. The number of halogens is 4. The SMILES string of the molecule is COc1ccc([C@@H]2C[C@H](C(F)(F)F)n3nc(C(=O)Nc4cccc5ccccc45)c(Cl)c3N2)cc1. The largest absolute Gasteiger partial charge is 0.497 e. The van der Waals surface area contributed by atoms with Gasteiger partial charge in [0, 0.05) is 17.5 Å². The monoisotopic (exact) mass is 500 g/mol. The van der Waals surface area contributed by atoms with Crippen molar-refractivity contribution < 1.29 is 22.7 Å². The summed E-state index contributed by atoms with van der Waals surface area (Å²) in [6.07, 6.45) is -4.91. The fourth-order valence-electron chi connectivity index (χ4n) is 4.31. The molecule has 6 nitrogen and oxygen atoms in total. The average Bonchev–Trinajstić information content (AvgIpc) is 3.19. The third kappa shape index (κ3) is 4.27. The molecule has 0 spiro atoms. The second kappa shape index (κ2) is 8.81. The van der Waals surface area contributed by atoms with Gasteiger partial charge in [-0.2, -0.15) is 18.3 Å². The summed E-state index contributed by atoms with van der Waals surface area (Å²) >= 11 is 6.44. The Morgan fingerprint density at radius 2 is 1.83 bits per heavy atom. The van der Waals surface area contributed by atoms with Crippen LogP contribution in [-0.2, 0) is 0 Å².